The van der Waals surface area contributed by atoms with Crippen LogP contribution in [0, 0.1) is 0 Å². The number of carboxylic acids is 1. The van der Waals surface area contributed by atoms with Crippen molar-refractivity contribution in [3.8, 4) is 17.0 Å². The number of aryl methyl sites for hydroxylation is 1. The molecule has 0 spiro atoms. The molecule has 0 bridgehead atoms. The average Bonchev–Trinajstić information content (AvgIpc) is 3.39. The second-order valence-electron chi connectivity index (χ2n) is 11.6. The smallest absolute Gasteiger partial charge is 0.341 e. The van der Waals surface area contributed by atoms with Gasteiger partial charge in [0.15, 0.2) is 16.4 Å². The molecule has 242 valence electrons. The number of nitrogens with zero attached hydrogens (tertiary/aromatic N) is 4. The molecule has 3 heterocycles. The Morgan fingerprint density at radius 3 is 2.49 bits per heavy atom. The summed E-state index contributed by atoms with van der Waals surface area (Å²) in [6.45, 7) is 7.45. The predicted molar refractivity (Wildman–Crippen MR) is 175 cm³/mol. The number of carbonyl (C=O) groups excluding carboxylic acids is 1. The monoisotopic (exact) mass is 701 g/mol. The van der Waals surface area contributed by atoms with Gasteiger partial charge in [-0.25, -0.2) is 13.2 Å². The molecule has 11 nitrogen and oxygen atoms in total. The van der Waals surface area contributed by atoms with E-state index in [2.05, 4.69) is 43.0 Å². The van der Waals surface area contributed by atoms with Crippen LogP contribution in [-0.2, 0) is 38.9 Å². The Kier molecular flexibility index (Phi) is 10.5. The number of aromatic nitrogens is 2. The van der Waals surface area contributed by atoms with E-state index in [1.165, 1.54) is 17.8 Å². The number of anilines is 1. The predicted octanol–water partition coefficient (Wildman–Crippen LogP) is 4.44. The molecule has 2 aromatic carbocycles. The number of piperidine rings is 1. The number of hydrogen-bond donors (Lipinski definition) is 2. The summed E-state index contributed by atoms with van der Waals surface area (Å²) in [5, 5.41) is 17.5. The zero-order valence-corrected chi connectivity index (χ0v) is 28.1. The molecule has 3 aromatic rings. The number of sulfone groups is 1. The van der Waals surface area contributed by atoms with Gasteiger partial charge in [0, 0.05) is 73.4 Å². The third-order valence-electron chi connectivity index (χ3n) is 8.53. The van der Waals surface area contributed by atoms with E-state index in [9.17, 15) is 18.0 Å². The highest BCUT2D eigenvalue weighted by Gasteiger charge is 2.27. The number of likely N-dealkylation sites (tertiary alicyclic amines) is 1. The summed E-state index contributed by atoms with van der Waals surface area (Å²) in [5.41, 5.74) is 4.83. The first-order valence-corrected chi connectivity index (χ1v) is 17.8. The highest BCUT2D eigenvalue weighted by molar-refractivity contribution is 9.10. The molecule has 5 rings (SSSR count). The number of fused-ring (bicyclic) bond motifs is 1. The minimum Gasteiger partial charge on any atom is -0.480 e. The van der Waals surface area contributed by atoms with Crippen LogP contribution in [0.2, 0.25) is 0 Å². The average molecular weight is 703 g/mol. The molecule has 0 aliphatic carbocycles. The van der Waals surface area contributed by atoms with Gasteiger partial charge in [-0.2, -0.15) is 5.10 Å². The number of aliphatic carboxylic acids is 1. The summed E-state index contributed by atoms with van der Waals surface area (Å²) in [7, 11) is -3.43. The molecule has 1 aromatic heterocycles. The Bertz CT molecular complexity index is 1630. The van der Waals surface area contributed by atoms with Gasteiger partial charge in [0.2, 0.25) is 5.91 Å². The number of carbonyl (C=O) groups is 2. The largest absolute Gasteiger partial charge is 0.480 e. The number of carboxylic acid groups (broad SMARTS) is 1. The number of amides is 1. The zero-order valence-electron chi connectivity index (χ0n) is 25.7. The van der Waals surface area contributed by atoms with Gasteiger partial charge in [-0.1, -0.05) is 35.0 Å². The Balaban J connectivity index is 1.20. The summed E-state index contributed by atoms with van der Waals surface area (Å²) in [6.07, 6.45) is 3.44. The highest BCUT2D eigenvalue weighted by Crippen LogP contribution is 2.32. The Hall–Kier alpha value is -3.42. The fourth-order valence-corrected chi connectivity index (χ4v) is 7.17. The minimum absolute atomic E-state index is 0.0239. The second kappa shape index (κ2) is 14.3. The van der Waals surface area contributed by atoms with Crippen LogP contribution in [0.25, 0.3) is 11.3 Å². The summed E-state index contributed by atoms with van der Waals surface area (Å²) in [4.78, 5) is 27.7. The maximum absolute atomic E-state index is 12.5. The van der Waals surface area contributed by atoms with E-state index >= 15 is 0 Å². The molecule has 0 unspecified atom stereocenters. The maximum Gasteiger partial charge on any atom is 0.341 e. The Morgan fingerprint density at radius 1 is 1.09 bits per heavy atom. The van der Waals surface area contributed by atoms with Gasteiger partial charge in [0.05, 0.1) is 22.0 Å². The van der Waals surface area contributed by atoms with E-state index in [0.29, 0.717) is 24.5 Å². The third kappa shape index (κ3) is 8.06. The van der Waals surface area contributed by atoms with E-state index in [4.69, 9.17) is 14.9 Å². The molecule has 1 saturated heterocycles. The molecular weight excluding hydrogens is 662 g/mol. The van der Waals surface area contributed by atoms with E-state index in [0.717, 1.165) is 73.2 Å². The van der Waals surface area contributed by atoms with Crippen molar-refractivity contribution in [3.63, 3.8) is 0 Å². The molecule has 2 N–H and O–H groups in total. The van der Waals surface area contributed by atoms with Gasteiger partial charge < -0.3 is 25.0 Å². The van der Waals surface area contributed by atoms with Gasteiger partial charge >= 0.3 is 5.97 Å². The van der Waals surface area contributed by atoms with Crippen LogP contribution in [0.3, 0.4) is 0 Å². The quantitative estimate of drug-likeness (QED) is 0.281. The minimum atomic E-state index is -3.43. The molecule has 13 heteroatoms. The molecule has 2 aliphatic rings. The lowest BCUT2D eigenvalue weighted by molar-refractivity contribution is -0.139. The van der Waals surface area contributed by atoms with Gasteiger partial charge in [0.1, 0.15) is 5.75 Å². The van der Waals surface area contributed by atoms with Crippen molar-refractivity contribution in [2.45, 2.75) is 63.6 Å². The number of rotatable bonds is 12. The van der Waals surface area contributed by atoms with Crippen molar-refractivity contribution in [3.05, 3.63) is 58.2 Å². The van der Waals surface area contributed by atoms with Crippen LogP contribution in [0.15, 0.2) is 51.8 Å². The number of nitrogens with one attached hydrogen (secondary N) is 1. The fourth-order valence-electron chi connectivity index (χ4n) is 6.00. The standard InChI is InChI=1S/C32H40BrN5O6S/c1-3-45(42,43)26-9-10-30(44-21-31(40)41)28(19-26)34-25-11-16-36(17-12-25)14-4-15-38-29-13-18-37(22(2)39)20-27(29)32(35-38)23-5-7-24(33)8-6-23/h5-10,19,25,34H,3-4,11-18,20-21H2,1-2H3,(H,40,41). The maximum atomic E-state index is 12.5. The summed E-state index contributed by atoms with van der Waals surface area (Å²) in [6, 6.07) is 12.8. The number of hydrogen-bond acceptors (Lipinski definition) is 8. The molecule has 1 fully saturated rings. The first-order valence-electron chi connectivity index (χ1n) is 15.3. The number of benzene rings is 2. The lowest BCUT2D eigenvalue weighted by Gasteiger charge is -2.33. The molecule has 1 amide bonds. The van der Waals surface area contributed by atoms with Gasteiger partial charge in [-0.3, -0.25) is 9.48 Å². The molecule has 0 atom stereocenters. The SMILES string of the molecule is CCS(=O)(=O)c1ccc(OCC(=O)O)c(NC2CCN(CCCn3nc(-c4ccc(Br)cc4)c4c3CCN(C(C)=O)C4)CC2)c1. The normalized spacial score (nSPS) is 15.9. The molecule has 0 radical (unpaired) electrons. The van der Waals surface area contributed by atoms with Gasteiger partial charge in [-0.15, -0.1) is 0 Å². The molecular formula is C32H40BrN5O6S. The van der Waals surface area contributed by atoms with Crippen molar-refractivity contribution >= 4 is 43.3 Å². The first kappa shape index (κ1) is 33.0. The van der Waals surface area contributed by atoms with Crippen LogP contribution in [-0.4, -0.2) is 89.6 Å². The summed E-state index contributed by atoms with van der Waals surface area (Å²) in [5.74, 6) is -0.719. The van der Waals surface area contributed by atoms with E-state index in [1.807, 2.05) is 17.0 Å². The summed E-state index contributed by atoms with van der Waals surface area (Å²) >= 11 is 3.51. The second-order valence-corrected chi connectivity index (χ2v) is 14.7. The highest BCUT2D eigenvalue weighted by atomic mass is 79.9. The Labute approximate surface area is 272 Å². The van der Waals surface area contributed by atoms with Crippen LogP contribution in [0.1, 0.15) is 44.4 Å². The van der Waals surface area contributed by atoms with Crippen molar-refractivity contribution in [1.29, 1.82) is 0 Å². The van der Waals surface area contributed by atoms with Gasteiger partial charge in [0.25, 0.3) is 0 Å². The first-order chi connectivity index (χ1) is 21.5. The van der Waals surface area contributed by atoms with Crippen LogP contribution in [0.4, 0.5) is 5.69 Å². The molecule has 2 aliphatic heterocycles. The number of ether oxygens (including phenoxy) is 1. The van der Waals surface area contributed by atoms with Crippen LogP contribution >= 0.6 is 15.9 Å². The van der Waals surface area contributed by atoms with E-state index in [1.54, 1.807) is 19.9 Å². The third-order valence-corrected chi connectivity index (χ3v) is 10.8. The van der Waals surface area contributed by atoms with Crippen molar-refractivity contribution < 1.29 is 27.9 Å². The lowest BCUT2D eigenvalue weighted by atomic mass is 10.0. The van der Waals surface area contributed by atoms with Crippen molar-refractivity contribution in [2.24, 2.45) is 0 Å². The van der Waals surface area contributed by atoms with E-state index < -0.39 is 22.4 Å². The summed E-state index contributed by atoms with van der Waals surface area (Å²) < 4.78 is 33.6. The molecule has 45 heavy (non-hydrogen) atoms. The number of halogens is 1. The van der Waals surface area contributed by atoms with E-state index in [-0.39, 0.29) is 22.6 Å². The Morgan fingerprint density at radius 2 is 1.82 bits per heavy atom. The fraction of sp³-hybridized carbons (Fsp3) is 0.469. The lowest BCUT2D eigenvalue weighted by Crippen LogP contribution is -2.40. The van der Waals surface area contributed by atoms with Crippen molar-refractivity contribution in [1.82, 2.24) is 19.6 Å². The van der Waals surface area contributed by atoms with Crippen molar-refractivity contribution in [2.75, 3.05) is 43.9 Å². The molecule has 0 saturated carbocycles. The zero-order chi connectivity index (χ0) is 32.1. The topological polar surface area (TPSA) is 134 Å². The van der Waals surface area contributed by atoms with Gasteiger partial charge in [-0.05, 0) is 56.1 Å². The van der Waals surface area contributed by atoms with Crippen LogP contribution in [0.5, 0.6) is 5.75 Å². The van der Waals surface area contributed by atoms with Crippen LogP contribution < -0.4 is 10.1 Å².